The van der Waals surface area contributed by atoms with E-state index in [2.05, 4.69) is 0 Å². The van der Waals surface area contributed by atoms with Gasteiger partial charge in [-0.05, 0) is 23.1 Å². The summed E-state index contributed by atoms with van der Waals surface area (Å²) in [4.78, 5) is 21.4. The number of carbonyl (C=O) groups excluding carboxylic acids is 1. The molecule has 4 heteroatoms. The van der Waals surface area contributed by atoms with Crippen molar-refractivity contribution in [2.24, 2.45) is 5.73 Å². The van der Waals surface area contributed by atoms with Crippen LogP contribution in [0.2, 0.25) is 0 Å². The van der Waals surface area contributed by atoms with Crippen LogP contribution in [0.3, 0.4) is 0 Å². The molecule has 0 bridgehead atoms. The largest absolute Gasteiger partial charge is 0.480 e. The van der Waals surface area contributed by atoms with Crippen LogP contribution in [0, 0.1) is 0 Å². The summed E-state index contributed by atoms with van der Waals surface area (Å²) in [6, 6.07) is 13.6. The van der Waals surface area contributed by atoms with Crippen LogP contribution < -0.4 is 5.73 Å². The van der Waals surface area contributed by atoms with Crippen molar-refractivity contribution in [1.29, 1.82) is 0 Å². The summed E-state index contributed by atoms with van der Waals surface area (Å²) in [6.45, 7) is 0. The molecule has 0 aliphatic rings. The fourth-order valence-corrected chi connectivity index (χ4v) is 1.94. The van der Waals surface area contributed by atoms with Gasteiger partial charge in [-0.1, -0.05) is 48.5 Å². The molecule has 2 aromatic rings. The van der Waals surface area contributed by atoms with Crippen LogP contribution in [0.5, 0.6) is 0 Å². The van der Waals surface area contributed by atoms with Gasteiger partial charge in [0.15, 0.2) is 0 Å². The summed E-state index contributed by atoms with van der Waals surface area (Å²) in [5.41, 5.74) is 8.92. The normalized spacial score (nSPS) is 11.8. The van der Waals surface area contributed by atoms with Crippen molar-refractivity contribution in [3.63, 3.8) is 0 Å². The van der Waals surface area contributed by atoms with Crippen molar-refractivity contribution in [3.05, 3.63) is 70.8 Å². The van der Waals surface area contributed by atoms with Crippen molar-refractivity contribution in [1.82, 2.24) is 0 Å². The van der Waals surface area contributed by atoms with Gasteiger partial charge in [-0.25, -0.2) is 0 Å². The number of carboxylic acids is 1. The fraction of sp³-hybridized carbons (Fsp3) is 0.125. The fourth-order valence-electron chi connectivity index (χ4n) is 1.94. The number of benzene rings is 2. The lowest BCUT2D eigenvalue weighted by Crippen LogP contribution is -2.20. The third-order valence-electron chi connectivity index (χ3n) is 3.13. The number of carbonyl (C=O) groups is 2. The lowest BCUT2D eigenvalue weighted by molar-refractivity contribution is -0.138. The third-order valence-corrected chi connectivity index (χ3v) is 3.13. The Hall–Kier alpha value is -2.46. The Morgan fingerprint density at radius 2 is 1.55 bits per heavy atom. The lowest BCUT2D eigenvalue weighted by atomic mass is 10.0. The summed E-state index contributed by atoms with van der Waals surface area (Å²) in [7, 11) is 0. The number of carboxylic acid groups (broad SMARTS) is 1. The molecule has 4 nitrogen and oxygen atoms in total. The molecule has 20 heavy (non-hydrogen) atoms. The second-order valence-electron chi connectivity index (χ2n) is 4.59. The van der Waals surface area contributed by atoms with Gasteiger partial charge in [0.05, 0.1) is 0 Å². The van der Waals surface area contributed by atoms with Gasteiger partial charge in [-0.15, -0.1) is 0 Å². The quantitative estimate of drug-likeness (QED) is 0.815. The molecule has 0 amide bonds. The number of nitrogens with two attached hydrogens (primary N) is 1. The van der Waals surface area contributed by atoms with E-state index in [0.29, 0.717) is 11.1 Å². The van der Waals surface area contributed by atoms with Gasteiger partial charge in [-0.2, -0.15) is 0 Å². The van der Waals surface area contributed by atoms with Crippen LogP contribution >= 0.6 is 0 Å². The number of hydrogen-bond donors (Lipinski definition) is 2. The summed E-state index contributed by atoms with van der Waals surface area (Å²) in [6.07, 6.45) is 1.54. The molecule has 2 aromatic carbocycles. The summed E-state index contributed by atoms with van der Waals surface area (Å²) in [5, 5.41) is 8.84. The first kappa shape index (κ1) is 14.0. The van der Waals surface area contributed by atoms with Gasteiger partial charge in [-0.3, -0.25) is 9.59 Å². The average molecular weight is 269 g/mol. The van der Waals surface area contributed by atoms with Crippen molar-refractivity contribution >= 4 is 12.3 Å². The smallest absolute Gasteiger partial charge is 0.325 e. The maximum atomic E-state index is 10.8. The van der Waals surface area contributed by atoms with Crippen molar-refractivity contribution in [2.45, 2.75) is 12.5 Å². The van der Waals surface area contributed by atoms with Crippen LogP contribution in [0.1, 0.15) is 33.1 Å². The zero-order valence-corrected chi connectivity index (χ0v) is 10.8. The average Bonchev–Trinajstić information content (AvgIpc) is 2.48. The van der Waals surface area contributed by atoms with Gasteiger partial charge in [0.1, 0.15) is 12.3 Å². The molecule has 0 fully saturated rings. The molecule has 1 atom stereocenters. The van der Waals surface area contributed by atoms with Gasteiger partial charge in [0.2, 0.25) is 0 Å². The van der Waals surface area contributed by atoms with E-state index in [1.165, 1.54) is 0 Å². The molecule has 0 saturated carbocycles. The van der Waals surface area contributed by atoms with Crippen LogP contribution in [0.25, 0.3) is 0 Å². The Labute approximate surface area is 116 Å². The Balaban J connectivity index is 2.10. The van der Waals surface area contributed by atoms with Crippen LogP contribution in [0.15, 0.2) is 48.5 Å². The number of aldehydes is 1. The molecular weight excluding hydrogens is 254 g/mol. The Morgan fingerprint density at radius 3 is 2.00 bits per heavy atom. The Kier molecular flexibility index (Phi) is 4.27. The molecular formula is C16H15NO3. The number of aliphatic carboxylic acids is 1. The van der Waals surface area contributed by atoms with E-state index in [1.54, 1.807) is 24.3 Å². The van der Waals surface area contributed by atoms with Gasteiger partial charge >= 0.3 is 5.97 Å². The first-order valence-electron chi connectivity index (χ1n) is 6.21. The molecule has 3 N–H and O–H groups in total. The van der Waals surface area contributed by atoms with Crippen molar-refractivity contribution in [3.8, 4) is 0 Å². The number of rotatable bonds is 5. The monoisotopic (exact) mass is 269 g/mol. The molecule has 0 radical (unpaired) electrons. The molecule has 0 heterocycles. The highest BCUT2D eigenvalue weighted by molar-refractivity contribution is 5.75. The zero-order chi connectivity index (χ0) is 14.5. The first-order chi connectivity index (χ1) is 9.60. The number of hydrogen-bond acceptors (Lipinski definition) is 3. The van der Waals surface area contributed by atoms with E-state index in [0.717, 1.165) is 23.8 Å². The van der Waals surface area contributed by atoms with Gasteiger partial charge in [0, 0.05) is 5.56 Å². The van der Waals surface area contributed by atoms with E-state index in [9.17, 15) is 9.59 Å². The standard InChI is InChI=1S/C16H15NO3/c17-15(16(19)20)14-7-5-12(6-8-14)9-11-1-3-13(10-18)4-2-11/h1-8,10,15H,9,17H2,(H,19,20)/t15-/m1/s1. The first-order valence-corrected chi connectivity index (χ1v) is 6.21. The Bertz CT molecular complexity index is 603. The van der Waals surface area contributed by atoms with E-state index in [-0.39, 0.29) is 0 Å². The highest BCUT2D eigenvalue weighted by atomic mass is 16.4. The maximum Gasteiger partial charge on any atom is 0.325 e. The predicted molar refractivity (Wildman–Crippen MR) is 75.6 cm³/mol. The lowest BCUT2D eigenvalue weighted by Gasteiger charge is -2.08. The minimum atomic E-state index is -1.04. The van der Waals surface area contributed by atoms with E-state index in [4.69, 9.17) is 10.8 Å². The molecule has 102 valence electrons. The second-order valence-corrected chi connectivity index (χ2v) is 4.59. The van der Waals surface area contributed by atoms with E-state index in [1.807, 2.05) is 24.3 Å². The van der Waals surface area contributed by atoms with E-state index >= 15 is 0 Å². The molecule has 0 aliphatic carbocycles. The van der Waals surface area contributed by atoms with Gasteiger partial charge in [0.25, 0.3) is 0 Å². The van der Waals surface area contributed by atoms with Gasteiger partial charge < -0.3 is 10.8 Å². The highest BCUT2D eigenvalue weighted by Gasteiger charge is 2.13. The predicted octanol–water partition coefficient (Wildman–Crippen LogP) is 2.17. The van der Waals surface area contributed by atoms with Crippen molar-refractivity contribution < 1.29 is 14.7 Å². The van der Waals surface area contributed by atoms with E-state index < -0.39 is 12.0 Å². The summed E-state index contributed by atoms with van der Waals surface area (Å²) < 4.78 is 0. The molecule has 0 aromatic heterocycles. The highest BCUT2D eigenvalue weighted by Crippen LogP contribution is 2.15. The third kappa shape index (κ3) is 3.30. The SMILES string of the molecule is N[C@@H](C(=O)O)c1ccc(Cc2ccc(C=O)cc2)cc1. The van der Waals surface area contributed by atoms with Crippen LogP contribution in [-0.4, -0.2) is 17.4 Å². The minimum Gasteiger partial charge on any atom is -0.480 e. The zero-order valence-electron chi connectivity index (χ0n) is 10.8. The molecule has 0 saturated heterocycles. The summed E-state index contributed by atoms with van der Waals surface area (Å²) in [5.74, 6) is -1.04. The molecule has 0 unspecified atom stereocenters. The maximum absolute atomic E-state index is 10.8. The Morgan fingerprint density at radius 1 is 1.05 bits per heavy atom. The molecule has 2 rings (SSSR count). The molecule has 0 spiro atoms. The summed E-state index contributed by atoms with van der Waals surface area (Å²) >= 11 is 0. The van der Waals surface area contributed by atoms with Crippen molar-refractivity contribution in [2.75, 3.05) is 0 Å². The topological polar surface area (TPSA) is 80.4 Å². The van der Waals surface area contributed by atoms with Crippen LogP contribution in [0.4, 0.5) is 0 Å². The molecule has 0 aliphatic heterocycles. The minimum absolute atomic E-state index is 0.581. The second kappa shape index (κ2) is 6.12. The van der Waals surface area contributed by atoms with Crippen LogP contribution in [-0.2, 0) is 11.2 Å².